The number of nitrogens with one attached hydrogen (secondary N) is 1. The molecule has 2 aromatic heterocycles. The summed E-state index contributed by atoms with van der Waals surface area (Å²) >= 11 is 0. The number of sulfonamides is 1. The molecule has 3 N–H and O–H groups in total. The zero-order valence-corrected chi connectivity index (χ0v) is 25.1. The van der Waals surface area contributed by atoms with Crippen LogP contribution < -0.4 is 15.2 Å². The molecule has 0 amide bonds. The molecular formula is C30H37FN6O4S. The monoisotopic (exact) mass is 596 g/mol. The number of hydrogen-bond acceptors (Lipinski definition) is 8. The molecule has 1 aliphatic heterocycles. The first-order valence-electron chi connectivity index (χ1n) is 14.0. The number of anilines is 2. The van der Waals surface area contributed by atoms with Crippen molar-refractivity contribution in [1.82, 2.24) is 19.4 Å². The van der Waals surface area contributed by atoms with Gasteiger partial charge >= 0.3 is 0 Å². The van der Waals surface area contributed by atoms with Crippen LogP contribution in [0.15, 0.2) is 53.6 Å². The molecule has 3 heterocycles. The average molecular weight is 597 g/mol. The number of ether oxygens (including phenoxy) is 2. The predicted octanol–water partition coefficient (Wildman–Crippen LogP) is 4.86. The minimum absolute atomic E-state index is 0.0577. The Kier molecular flexibility index (Phi) is 8.67. The lowest BCUT2D eigenvalue weighted by molar-refractivity contribution is 0.0179. The highest BCUT2D eigenvalue weighted by Gasteiger charge is 2.23. The number of methoxy groups -OCH3 is 1. The second-order valence-electron chi connectivity index (χ2n) is 10.8. The van der Waals surface area contributed by atoms with E-state index < -0.39 is 20.7 Å². The van der Waals surface area contributed by atoms with Gasteiger partial charge in [0.25, 0.3) is 10.0 Å². The Morgan fingerprint density at radius 2 is 1.86 bits per heavy atom. The summed E-state index contributed by atoms with van der Waals surface area (Å²) in [4.78, 5) is 10.8. The van der Waals surface area contributed by atoms with Crippen molar-refractivity contribution in [2.75, 3.05) is 43.9 Å². The number of halogens is 1. The van der Waals surface area contributed by atoms with Gasteiger partial charge in [0.2, 0.25) is 11.8 Å². The lowest BCUT2D eigenvalue weighted by Crippen LogP contribution is -2.42. The van der Waals surface area contributed by atoms with E-state index in [9.17, 15) is 12.8 Å². The van der Waals surface area contributed by atoms with Crippen LogP contribution in [0, 0.1) is 5.82 Å². The summed E-state index contributed by atoms with van der Waals surface area (Å²) in [6.07, 6.45) is 2.49. The molecule has 224 valence electrons. The van der Waals surface area contributed by atoms with E-state index in [1.807, 2.05) is 36.6 Å². The van der Waals surface area contributed by atoms with Crippen LogP contribution in [0.3, 0.4) is 0 Å². The maximum absolute atomic E-state index is 14.8. The number of nitrogen functional groups attached to an aromatic ring is 1. The van der Waals surface area contributed by atoms with Crippen LogP contribution in [-0.4, -0.2) is 67.3 Å². The van der Waals surface area contributed by atoms with Gasteiger partial charge in [-0.2, -0.15) is 0 Å². The number of hydrogen-bond donors (Lipinski definition) is 2. The second kappa shape index (κ2) is 12.2. The number of rotatable bonds is 10. The van der Waals surface area contributed by atoms with E-state index in [0.717, 1.165) is 49.3 Å². The molecule has 1 atom stereocenters. The maximum Gasteiger partial charge on any atom is 0.264 e. The van der Waals surface area contributed by atoms with Gasteiger partial charge in [0.15, 0.2) is 0 Å². The van der Waals surface area contributed by atoms with Crippen LogP contribution in [0.1, 0.15) is 38.7 Å². The van der Waals surface area contributed by atoms with Crippen molar-refractivity contribution in [3.05, 3.63) is 60.0 Å². The average Bonchev–Trinajstić information content (AvgIpc) is 3.29. The largest absolute Gasteiger partial charge is 0.480 e. The first kappa shape index (κ1) is 29.7. The second-order valence-corrected chi connectivity index (χ2v) is 12.5. The zero-order valence-electron chi connectivity index (χ0n) is 24.3. The fourth-order valence-corrected chi connectivity index (χ4v) is 6.32. The summed E-state index contributed by atoms with van der Waals surface area (Å²) in [6, 6.07) is 11.8. The highest BCUT2D eigenvalue weighted by atomic mass is 32.2. The molecule has 0 aliphatic carbocycles. The van der Waals surface area contributed by atoms with Gasteiger partial charge in [-0.3, -0.25) is 9.62 Å². The quantitative estimate of drug-likeness (QED) is 0.266. The third-order valence-corrected chi connectivity index (χ3v) is 9.15. The van der Waals surface area contributed by atoms with Crippen LogP contribution in [0.2, 0.25) is 0 Å². The van der Waals surface area contributed by atoms with Gasteiger partial charge in [0, 0.05) is 37.4 Å². The van der Waals surface area contributed by atoms with E-state index in [1.165, 1.54) is 19.2 Å². The topological polar surface area (TPSA) is 125 Å². The van der Waals surface area contributed by atoms with E-state index in [0.29, 0.717) is 29.7 Å². The van der Waals surface area contributed by atoms with Crippen molar-refractivity contribution in [2.24, 2.45) is 0 Å². The molecule has 10 nitrogen and oxygen atoms in total. The molecule has 0 radical (unpaired) electrons. The fraction of sp³-hybridized carbons (Fsp3) is 0.400. The van der Waals surface area contributed by atoms with Crippen molar-refractivity contribution in [3.8, 4) is 17.0 Å². The summed E-state index contributed by atoms with van der Waals surface area (Å²) in [7, 11) is -2.88. The SMILES string of the molecule is COc1ncc(-c2ccc3nc(N)n(CCC(C)N4CCOCC4)c3c2)cc1NS(=O)(=O)c1ccc(C(C)C)cc1F. The summed E-state index contributed by atoms with van der Waals surface area (Å²) in [5.74, 6) is -0.268. The fourth-order valence-electron chi connectivity index (χ4n) is 5.21. The third-order valence-electron chi connectivity index (χ3n) is 7.75. The van der Waals surface area contributed by atoms with E-state index in [4.69, 9.17) is 15.2 Å². The van der Waals surface area contributed by atoms with Crippen molar-refractivity contribution in [3.63, 3.8) is 0 Å². The van der Waals surface area contributed by atoms with Gasteiger partial charge in [-0.25, -0.2) is 22.8 Å². The number of fused-ring (bicyclic) bond motifs is 1. The molecule has 0 bridgehead atoms. The van der Waals surface area contributed by atoms with Crippen LogP contribution in [-0.2, 0) is 21.3 Å². The van der Waals surface area contributed by atoms with Crippen LogP contribution in [0.25, 0.3) is 22.2 Å². The van der Waals surface area contributed by atoms with Crippen molar-refractivity contribution < 1.29 is 22.3 Å². The van der Waals surface area contributed by atoms with Gasteiger partial charge in [0.05, 0.1) is 31.4 Å². The Hall–Kier alpha value is -3.74. The molecule has 1 aliphatic rings. The van der Waals surface area contributed by atoms with E-state index in [-0.39, 0.29) is 17.5 Å². The summed E-state index contributed by atoms with van der Waals surface area (Å²) < 4.78 is 56.5. The number of nitrogens with zero attached hydrogens (tertiary/aromatic N) is 4. The van der Waals surface area contributed by atoms with Gasteiger partial charge < -0.3 is 19.8 Å². The Morgan fingerprint density at radius 1 is 1.10 bits per heavy atom. The number of aromatic nitrogens is 3. The lowest BCUT2D eigenvalue weighted by Gasteiger charge is -2.32. The van der Waals surface area contributed by atoms with Gasteiger partial charge in [0.1, 0.15) is 16.4 Å². The molecule has 12 heteroatoms. The minimum atomic E-state index is -4.27. The van der Waals surface area contributed by atoms with Gasteiger partial charge in [-0.05, 0) is 60.7 Å². The molecule has 0 spiro atoms. The minimum Gasteiger partial charge on any atom is -0.480 e. The Balaban J connectivity index is 1.43. The number of aryl methyl sites for hydroxylation is 1. The van der Waals surface area contributed by atoms with Crippen molar-refractivity contribution in [1.29, 1.82) is 0 Å². The Morgan fingerprint density at radius 3 is 2.55 bits per heavy atom. The molecular weight excluding hydrogens is 559 g/mol. The molecule has 0 saturated carbocycles. The molecule has 5 rings (SSSR count). The van der Waals surface area contributed by atoms with Crippen LogP contribution in [0.5, 0.6) is 5.88 Å². The lowest BCUT2D eigenvalue weighted by atomic mass is 10.0. The first-order chi connectivity index (χ1) is 20.1. The smallest absolute Gasteiger partial charge is 0.264 e. The normalized spacial score (nSPS) is 15.3. The third kappa shape index (κ3) is 6.20. The number of benzene rings is 2. The van der Waals surface area contributed by atoms with E-state index in [2.05, 4.69) is 26.5 Å². The molecule has 1 saturated heterocycles. The van der Waals surface area contributed by atoms with Gasteiger partial charge in [-0.1, -0.05) is 26.0 Å². The summed E-state index contributed by atoms with van der Waals surface area (Å²) in [6.45, 7) is 10.0. The van der Waals surface area contributed by atoms with Gasteiger partial charge in [-0.15, -0.1) is 0 Å². The highest BCUT2D eigenvalue weighted by molar-refractivity contribution is 7.92. The zero-order chi connectivity index (χ0) is 30.0. The molecule has 1 unspecified atom stereocenters. The molecule has 2 aromatic carbocycles. The van der Waals surface area contributed by atoms with Crippen molar-refractivity contribution in [2.45, 2.75) is 50.6 Å². The number of nitrogens with two attached hydrogens (primary N) is 1. The number of pyridine rings is 1. The van der Waals surface area contributed by atoms with E-state index >= 15 is 0 Å². The first-order valence-corrected chi connectivity index (χ1v) is 15.5. The summed E-state index contributed by atoms with van der Waals surface area (Å²) in [5.41, 5.74) is 10.2. The highest BCUT2D eigenvalue weighted by Crippen LogP contribution is 2.33. The summed E-state index contributed by atoms with van der Waals surface area (Å²) in [5, 5.41) is 0. The molecule has 1 fully saturated rings. The Labute approximate surface area is 245 Å². The number of imidazole rings is 1. The molecule has 4 aromatic rings. The maximum atomic E-state index is 14.8. The Bertz CT molecular complexity index is 1680. The van der Waals surface area contributed by atoms with E-state index in [1.54, 1.807) is 18.3 Å². The van der Waals surface area contributed by atoms with Crippen molar-refractivity contribution >= 4 is 32.7 Å². The number of morpholine rings is 1. The molecule has 42 heavy (non-hydrogen) atoms. The standard InChI is InChI=1S/C30H37FN6O4S/c1-19(2)21-6-8-28(24(31)15-21)42(38,39)35-26-16-23(18-33-29(26)40-4)22-5-7-25-27(17-22)37(30(32)34-25)10-9-20(3)36-11-13-41-14-12-36/h5-8,15-20,35H,9-14H2,1-4H3,(H2,32,34). The predicted molar refractivity (Wildman–Crippen MR) is 162 cm³/mol. The van der Waals surface area contributed by atoms with Crippen LogP contribution >= 0.6 is 0 Å². The van der Waals surface area contributed by atoms with Crippen LogP contribution in [0.4, 0.5) is 16.0 Å².